The van der Waals surface area contributed by atoms with Gasteiger partial charge >= 0.3 is 0 Å². The van der Waals surface area contributed by atoms with Crippen LogP contribution >= 0.6 is 11.3 Å². The van der Waals surface area contributed by atoms with E-state index < -0.39 is 0 Å². The van der Waals surface area contributed by atoms with E-state index in [2.05, 4.69) is 15.6 Å². The number of carbonyl (C=O) groups excluding carboxylic acids is 2. The summed E-state index contributed by atoms with van der Waals surface area (Å²) >= 11 is 1.43. The normalized spacial score (nSPS) is 10.8. The highest BCUT2D eigenvalue weighted by atomic mass is 32.1. The van der Waals surface area contributed by atoms with Crippen LogP contribution in [0, 0.1) is 13.8 Å². The Morgan fingerprint density at radius 3 is 2.64 bits per heavy atom. The van der Waals surface area contributed by atoms with Crippen molar-refractivity contribution in [3.05, 3.63) is 77.2 Å². The highest BCUT2D eigenvalue weighted by Crippen LogP contribution is 2.27. The number of nitrogens with zero attached hydrogens (tertiary/aromatic N) is 1. The van der Waals surface area contributed by atoms with Gasteiger partial charge in [-0.1, -0.05) is 23.5 Å². The summed E-state index contributed by atoms with van der Waals surface area (Å²) in [6.45, 7) is 3.87. The number of furan rings is 1. The van der Waals surface area contributed by atoms with Gasteiger partial charge in [0.15, 0.2) is 10.9 Å². The number of amides is 2. The van der Waals surface area contributed by atoms with E-state index in [0.717, 1.165) is 21.3 Å². The summed E-state index contributed by atoms with van der Waals surface area (Å²) in [6, 6.07) is 14.3. The topological polar surface area (TPSA) is 84.2 Å². The first kappa shape index (κ1) is 17.9. The molecule has 2 N–H and O–H groups in total. The van der Waals surface area contributed by atoms with Crippen molar-refractivity contribution in [3.8, 4) is 0 Å². The highest BCUT2D eigenvalue weighted by Gasteiger charge is 2.14. The minimum Gasteiger partial charge on any atom is -0.459 e. The smallest absolute Gasteiger partial charge is 0.291 e. The van der Waals surface area contributed by atoms with Crippen LogP contribution in [0.1, 0.15) is 32.0 Å². The Labute approximate surface area is 165 Å². The van der Waals surface area contributed by atoms with Crippen LogP contribution in [0.5, 0.6) is 0 Å². The Morgan fingerprint density at radius 1 is 1.00 bits per heavy atom. The van der Waals surface area contributed by atoms with Crippen molar-refractivity contribution in [2.24, 2.45) is 0 Å². The summed E-state index contributed by atoms with van der Waals surface area (Å²) in [7, 11) is 0. The molecular weight excluding hydrogens is 374 g/mol. The molecule has 2 aromatic carbocycles. The van der Waals surface area contributed by atoms with Crippen molar-refractivity contribution in [2.75, 3.05) is 10.6 Å². The first-order chi connectivity index (χ1) is 13.5. The van der Waals surface area contributed by atoms with E-state index in [-0.39, 0.29) is 17.6 Å². The maximum atomic E-state index is 12.7. The highest BCUT2D eigenvalue weighted by molar-refractivity contribution is 7.22. The first-order valence-electron chi connectivity index (χ1n) is 8.63. The van der Waals surface area contributed by atoms with Crippen molar-refractivity contribution in [1.82, 2.24) is 4.98 Å². The van der Waals surface area contributed by atoms with E-state index in [1.54, 1.807) is 30.3 Å². The zero-order valence-electron chi connectivity index (χ0n) is 15.3. The first-order valence-corrected chi connectivity index (χ1v) is 9.45. The Bertz CT molecular complexity index is 1180. The molecule has 0 atom stereocenters. The molecule has 0 aliphatic heterocycles. The molecule has 2 amide bonds. The predicted molar refractivity (Wildman–Crippen MR) is 110 cm³/mol. The lowest BCUT2D eigenvalue weighted by molar-refractivity contribution is 0.0993. The number of thiazole rings is 1. The number of hydrogen-bond acceptors (Lipinski definition) is 5. The quantitative estimate of drug-likeness (QED) is 0.512. The van der Waals surface area contributed by atoms with Gasteiger partial charge in [0.1, 0.15) is 0 Å². The average Bonchev–Trinajstić information content (AvgIpc) is 3.32. The fourth-order valence-electron chi connectivity index (χ4n) is 2.74. The summed E-state index contributed by atoms with van der Waals surface area (Å²) < 4.78 is 6.12. The van der Waals surface area contributed by atoms with Gasteiger partial charge in [-0.3, -0.25) is 14.9 Å². The largest absolute Gasteiger partial charge is 0.459 e. The lowest BCUT2D eigenvalue weighted by atomic mass is 10.1. The molecule has 0 fully saturated rings. The van der Waals surface area contributed by atoms with Gasteiger partial charge in [-0.25, -0.2) is 4.98 Å². The van der Waals surface area contributed by atoms with Gasteiger partial charge in [-0.2, -0.15) is 0 Å². The van der Waals surface area contributed by atoms with Crippen LogP contribution in [0.15, 0.2) is 59.2 Å². The third-order valence-corrected chi connectivity index (χ3v) is 5.19. The second-order valence-electron chi connectivity index (χ2n) is 6.41. The predicted octanol–water partition coefficient (Wildman–Crippen LogP) is 5.01. The minimum atomic E-state index is -0.368. The molecule has 7 heteroatoms. The number of aryl methyl sites for hydroxylation is 2. The number of carbonyl (C=O) groups is 2. The van der Waals surface area contributed by atoms with Crippen molar-refractivity contribution in [1.29, 1.82) is 0 Å². The summed E-state index contributed by atoms with van der Waals surface area (Å²) in [5.41, 5.74) is 3.81. The lowest BCUT2D eigenvalue weighted by Gasteiger charge is -2.09. The molecule has 2 heterocycles. The Hall–Kier alpha value is -3.45. The van der Waals surface area contributed by atoms with E-state index in [1.165, 1.54) is 17.6 Å². The van der Waals surface area contributed by atoms with E-state index >= 15 is 0 Å². The molecule has 0 saturated carbocycles. The summed E-state index contributed by atoms with van der Waals surface area (Å²) in [6.07, 6.45) is 1.44. The van der Waals surface area contributed by atoms with E-state index in [4.69, 9.17) is 4.42 Å². The zero-order valence-corrected chi connectivity index (χ0v) is 16.1. The summed E-state index contributed by atoms with van der Waals surface area (Å²) in [5, 5.41) is 6.14. The Balaban J connectivity index is 1.54. The molecule has 2 aromatic heterocycles. The number of aromatic nitrogens is 1. The van der Waals surface area contributed by atoms with Crippen LogP contribution in [0.2, 0.25) is 0 Å². The van der Waals surface area contributed by atoms with Gasteiger partial charge in [0.05, 0.1) is 16.5 Å². The van der Waals surface area contributed by atoms with Gasteiger partial charge in [-0.05, 0) is 61.4 Å². The van der Waals surface area contributed by atoms with Crippen LogP contribution in [-0.2, 0) is 0 Å². The van der Waals surface area contributed by atoms with Gasteiger partial charge in [0.2, 0.25) is 0 Å². The molecule has 6 nitrogen and oxygen atoms in total. The molecule has 4 aromatic rings. The second-order valence-corrected chi connectivity index (χ2v) is 7.44. The zero-order chi connectivity index (χ0) is 19.7. The number of rotatable bonds is 4. The summed E-state index contributed by atoms with van der Waals surface area (Å²) in [4.78, 5) is 29.3. The van der Waals surface area contributed by atoms with Gasteiger partial charge in [-0.15, -0.1) is 0 Å². The van der Waals surface area contributed by atoms with Crippen LogP contribution in [-0.4, -0.2) is 16.8 Å². The van der Waals surface area contributed by atoms with Crippen molar-refractivity contribution in [3.63, 3.8) is 0 Å². The van der Waals surface area contributed by atoms with Crippen LogP contribution in [0.4, 0.5) is 10.8 Å². The molecule has 0 radical (unpaired) electrons. The molecule has 0 saturated heterocycles. The average molecular weight is 391 g/mol. The van der Waals surface area contributed by atoms with Crippen LogP contribution < -0.4 is 10.6 Å². The molecule has 140 valence electrons. The van der Waals surface area contributed by atoms with Crippen molar-refractivity contribution < 1.29 is 14.0 Å². The lowest BCUT2D eigenvalue weighted by Crippen LogP contribution is -2.15. The van der Waals surface area contributed by atoms with Crippen molar-refractivity contribution in [2.45, 2.75) is 13.8 Å². The molecule has 4 rings (SSSR count). The molecular formula is C21H17N3O3S. The van der Waals surface area contributed by atoms with Crippen molar-refractivity contribution >= 4 is 44.2 Å². The fraction of sp³-hybridized carbons (Fsp3) is 0.0952. The van der Waals surface area contributed by atoms with E-state index in [9.17, 15) is 9.59 Å². The number of fused-ring (bicyclic) bond motifs is 1. The molecule has 0 spiro atoms. The molecule has 0 aliphatic rings. The Kier molecular flexibility index (Phi) is 4.67. The SMILES string of the molecule is Cc1ccc2nc(NC(=O)c3ccc(C)c(NC(=O)c4ccco4)c3)sc2c1. The molecule has 0 bridgehead atoms. The summed E-state index contributed by atoms with van der Waals surface area (Å²) in [5.74, 6) is -0.449. The number of nitrogens with one attached hydrogen (secondary N) is 2. The molecule has 0 unspecified atom stereocenters. The van der Waals surface area contributed by atoms with Crippen LogP contribution in [0.25, 0.3) is 10.2 Å². The van der Waals surface area contributed by atoms with Crippen LogP contribution in [0.3, 0.4) is 0 Å². The molecule has 0 aliphatic carbocycles. The monoisotopic (exact) mass is 391 g/mol. The third kappa shape index (κ3) is 3.65. The maximum Gasteiger partial charge on any atom is 0.291 e. The maximum absolute atomic E-state index is 12.7. The number of benzene rings is 2. The van der Waals surface area contributed by atoms with Gasteiger partial charge in [0.25, 0.3) is 11.8 Å². The number of hydrogen-bond donors (Lipinski definition) is 2. The van der Waals surface area contributed by atoms with Gasteiger partial charge in [0, 0.05) is 11.3 Å². The minimum absolute atomic E-state index is 0.207. The van der Waals surface area contributed by atoms with Gasteiger partial charge < -0.3 is 9.73 Å². The standard InChI is InChI=1S/C21H17N3O3S/c1-12-5-8-15-18(10-12)28-21(23-15)24-19(25)14-7-6-13(2)16(11-14)22-20(26)17-4-3-9-27-17/h3-11H,1-2H3,(H,22,26)(H,23,24,25). The number of anilines is 2. The Morgan fingerprint density at radius 2 is 1.86 bits per heavy atom. The van der Waals surface area contributed by atoms with E-state index in [1.807, 2.05) is 32.0 Å². The second kappa shape index (κ2) is 7.28. The fourth-order valence-corrected chi connectivity index (χ4v) is 3.70. The third-order valence-electron chi connectivity index (χ3n) is 4.26. The molecule has 28 heavy (non-hydrogen) atoms. The van der Waals surface area contributed by atoms with E-state index in [0.29, 0.717) is 16.4 Å².